The number of nitrogens with one attached hydrogen (secondary N) is 6. The summed E-state index contributed by atoms with van der Waals surface area (Å²) in [5.41, 5.74) is 4.74. The van der Waals surface area contributed by atoms with Crippen LogP contribution in [0.2, 0.25) is 0 Å². The number of rotatable bonds is 28. The average molecular weight is 882 g/mol. The molecular weight excluding hydrogens is 823 g/mol. The summed E-state index contributed by atoms with van der Waals surface area (Å²) in [6.45, 7) is 10.3. The van der Waals surface area contributed by atoms with Crippen LogP contribution in [0.25, 0.3) is 0 Å². The number of carbonyl (C=O) groups is 11. The summed E-state index contributed by atoms with van der Waals surface area (Å²) in [6, 6.07) is -7.14. The van der Waals surface area contributed by atoms with E-state index < -0.39 is 139 Å². The number of amides is 7. The predicted molar refractivity (Wildman–Crippen MR) is 218 cm³/mol. The van der Waals surface area contributed by atoms with Gasteiger partial charge in [0.2, 0.25) is 41.2 Å². The van der Waals surface area contributed by atoms with Crippen molar-refractivity contribution in [2.75, 3.05) is 0 Å². The molecule has 0 aliphatic carbocycles. The Hall–Kier alpha value is -5.93. The van der Waals surface area contributed by atoms with Crippen LogP contribution in [0, 0.1) is 11.3 Å². The highest BCUT2D eigenvalue weighted by molar-refractivity contribution is 7.07. The van der Waals surface area contributed by atoms with Gasteiger partial charge < -0.3 is 53.0 Å². The molecule has 61 heavy (non-hydrogen) atoms. The van der Waals surface area contributed by atoms with Crippen molar-refractivity contribution in [1.29, 1.82) is 0 Å². The largest absolute Gasteiger partial charge is 0.481 e. The minimum Gasteiger partial charge on any atom is -0.481 e. The van der Waals surface area contributed by atoms with Crippen LogP contribution in [0.4, 0.5) is 0 Å². The number of carboxylic acid groups (broad SMARTS) is 3. The fourth-order valence-corrected chi connectivity index (χ4v) is 6.48. The van der Waals surface area contributed by atoms with Gasteiger partial charge in [-0.1, -0.05) is 54.4 Å². The Morgan fingerprint density at radius 3 is 1.70 bits per heavy atom. The lowest BCUT2D eigenvalue weighted by molar-refractivity contribution is -0.142. The van der Waals surface area contributed by atoms with Gasteiger partial charge >= 0.3 is 17.9 Å². The van der Waals surface area contributed by atoms with Gasteiger partial charge in [0, 0.05) is 19.3 Å². The number of aliphatic carboxylic acids is 3. The molecule has 0 saturated heterocycles. The summed E-state index contributed by atoms with van der Waals surface area (Å²) in [4.78, 5) is 139. The Kier molecular flexibility index (Phi) is 22.3. The van der Waals surface area contributed by atoms with Crippen LogP contribution in [0.1, 0.15) is 105 Å². The quantitative estimate of drug-likeness (QED) is 0.0485. The van der Waals surface area contributed by atoms with Crippen LogP contribution in [0.15, 0.2) is 16.8 Å². The molecule has 1 rings (SSSR count). The molecule has 7 amide bonds. The fourth-order valence-electron chi connectivity index (χ4n) is 5.80. The second kappa shape index (κ2) is 25.6. The number of nitrogens with two attached hydrogens (primary N) is 1. The number of unbranched alkanes of at least 4 members (excludes halogenated alkanes) is 1. The lowest BCUT2D eigenvalue weighted by Crippen LogP contribution is -2.62. The van der Waals surface area contributed by atoms with E-state index in [-0.39, 0.29) is 25.2 Å². The molecule has 0 saturated carbocycles. The van der Waals surface area contributed by atoms with Crippen LogP contribution in [-0.4, -0.2) is 117 Å². The molecule has 340 valence electrons. The van der Waals surface area contributed by atoms with Crippen molar-refractivity contribution >= 4 is 76.4 Å². The first kappa shape index (κ1) is 53.1. The fraction of sp³-hybridized carbons (Fsp3) is 0.615. The van der Waals surface area contributed by atoms with E-state index >= 15 is 0 Å². The lowest BCUT2D eigenvalue weighted by atomic mass is 9.85. The first-order valence-electron chi connectivity index (χ1n) is 19.7. The van der Waals surface area contributed by atoms with Crippen molar-refractivity contribution in [3.63, 3.8) is 0 Å². The maximum atomic E-state index is 14.1. The third kappa shape index (κ3) is 20.3. The Morgan fingerprint density at radius 2 is 1.20 bits per heavy atom. The zero-order valence-corrected chi connectivity index (χ0v) is 36.0. The molecule has 0 spiro atoms. The Balaban J connectivity index is 3.48. The van der Waals surface area contributed by atoms with E-state index in [0.29, 0.717) is 18.4 Å². The van der Waals surface area contributed by atoms with E-state index in [9.17, 15) is 63.0 Å². The molecule has 1 aromatic rings. The maximum absolute atomic E-state index is 14.1. The monoisotopic (exact) mass is 881 g/mol. The van der Waals surface area contributed by atoms with Crippen molar-refractivity contribution < 1.29 is 68.1 Å². The van der Waals surface area contributed by atoms with Crippen molar-refractivity contribution in [2.45, 2.75) is 142 Å². The van der Waals surface area contributed by atoms with Crippen molar-refractivity contribution in [2.24, 2.45) is 17.1 Å². The summed E-state index contributed by atoms with van der Waals surface area (Å²) in [7, 11) is 0. The van der Waals surface area contributed by atoms with Gasteiger partial charge in [-0.05, 0) is 53.0 Å². The first-order valence-corrected chi connectivity index (χ1v) is 20.6. The summed E-state index contributed by atoms with van der Waals surface area (Å²) < 4.78 is 0. The molecule has 0 bridgehead atoms. The molecule has 0 fully saturated rings. The zero-order chi connectivity index (χ0) is 46.6. The number of ketones is 1. The highest BCUT2D eigenvalue weighted by atomic mass is 32.1. The summed E-state index contributed by atoms with van der Waals surface area (Å²) in [5, 5.41) is 45.6. The minimum absolute atomic E-state index is 0.0905. The topological polar surface area (TPSA) is 347 Å². The van der Waals surface area contributed by atoms with Gasteiger partial charge in [0.1, 0.15) is 30.2 Å². The summed E-state index contributed by atoms with van der Waals surface area (Å²) >= 11 is 1.27. The third-order valence-electron chi connectivity index (χ3n) is 9.01. The number of hydrogen-bond donors (Lipinski definition) is 10. The normalized spacial score (nSPS) is 14.1. The summed E-state index contributed by atoms with van der Waals surface area (Å²) in [6.07, 6.45) is -2.26. The van der Waals surface area contributed by atoms with Gasteiger partial charge in [0.15, 0.2) is 0 Å². The van der Waals surface area contributed by atoms with Crippen molar-refractivity contribution in [3.8, 4) is 0 Å². The second-order valence-corrected chi connectivity index (χ2v) is 16.7. The molecule has 0 aliphatic heterocycles. The van der Waals surface area contributed by atoms with Gasteiger partial charge in [0.05, 0.1) is 18.9 Å². The van der Waals surface area contributed by atoms with Crippen LogP contribution < -0.4 is 37.6 Å². The molecule has 21 nitrogen and oxygen atoms in total. The van der Waals surface area contributed by atoms with Gasteiger partial charge in [-0.15, -0.1) is 0 Å². The SMILES string of the molecule is CCCC[C@H](NC(=O)[C@H](CC(C)C)NC(=O)[C@@H](NC(=O)[C@H](Cc1ccsc1)NC(=O)[C@H](CCC(=O)O)NC(=O)[C@H](CC(=O)O)NC(=O)CCC(=O)O)C(C)(C)C)C(=O)C(N)=O. The van der Waals surface area contributed by atoms with Crippen LogP contribution >= 0.6 is 11.3 Å². The molecule has 11 N–H and O–H groups in total. The van der Waals surface area contributed by atoms with Crippen LogP contribution in [-0.2, 0) is 59.2 Å². The zero-order valence-electron chi connectivity index (χ0n) is 35.2. The summed E-state index contributed by atoms with van der Waals surface area (Å²) in [5.74, 6) is -12.4. The molecule has 6 atom stereocenters. The Bertz CT molecular complexity index is 1740. The second-order valence-electron chi connectivity index (χ2n) is 15.9. The van der Waals surface area contributed by atoms with E-state index in [1.54, 1.807) is 51.4 Å². The minimum atomic E-state index is -1.80. The number of primary amides is 1. The molecule has 22 heteroatoms. The number of thiophene rings is 1. The molecule has 1 heterocycles. The first-order chi connectivity index (χ1) is 28.4. The molecule has 1 aromatic heterocycles. The maximum Gasteiger partial charge on any atom is 0.305 e. The molecule has 0 aliphatic rings. The molecule has 0 radical (unpaired) electrons. The molecule has 0 unspecified atom stereocenters. The lowest BCUT2D eigenvalue weighted by Gasteiger charge is -2.33. The predicted octanol–water partition coefficient (Wildman–Crippen LogP) is -0.259. The van der Waals surface area contributed by atoms with Gasteiger partial charge in [-0.3, -0.25) is 52.7 Å². The standard InChI is InChI=1S/C39H59N7O14S/c1-7-8-9-22(31(54)33(40)55)42-35(57)24(16-20(2)3)45-38(60)32(39(4,5)6)46-37(59)25(17-21-14-15-61-19-21)44-34(56)23(10-12-28(48)49)43-36(58)26(18-30(52)53)41-27(47)11-13-29(50)51/h14-15,19-20,22-26,32H,7-13,16-18H2,1-6H3,(H2,40,55)(H,41,47)(H,42,57)(H,43,58)(H,44,56)(H,45,60)(H,46,59)(H,48,49)(H,50,51)(H,52,53)/t22-,23-,24-,25-,26-,32+/m0/s1. The van der Waals surface area contributed by atoms with E-state index in [0.717, 1.165) is 0 Å². The van der Waals surface area contributed by atoms with Crippen molar-refractivity contribution in [1.82, 2.24) is 31.9 Å². The van der Waals surface area contributed by atoms with Crippen LogP contribution in [0.5, 0.6) is 0 Å². The van der Waals surface area contributed by atoms with Crippen molar-refractivity contribution in [3.05, 3.63) is 22.4 Å². The number of carbonyl (C=O) groups excluding carboxylic acids is 8. The van der Waals surface area contributed by atoms with Crippen LogP contribution in [0.3, 0.4) is 0 Å². The van der Waals surface area contributed by atoms with Gasteiger partial charge in [-0.2, -0.15) is 11.3 Å². The van der Waals surface area contributed by atoms with E-state index in [1.807, 2.05) is 6.92 Å². The molecular formula is C39H59N7O14S. The molecule has 0 aromatic carbocycles. The number of hydrogen-bond acceptors (Lipinski definition) is 12. The van der Waals surface area contributed by atoms with E-state index in [2.05, 4.69) is 31.9 Å². The van der Waals surface area contributed by atoms with E-state index in [1.165, 1.54) is 11.3 Å². The average Bonchev–Trinajstić information content (AvgIpc) is 3.67. The van der Waals surface area contributed by atoms with Gasteiger partial charge in [0.25, 0.3) is 5.91 Å². The smallest absolute Gasteiger partial charge is 0.305 e. The Morgan fingerprint density at radius 1 is 0.656 bits per heavy atom. The third-order valence-corrected chi connectivity index (χ3v) is 9.74. The highest BCUT2D eigenvalue weighted by Crippen LogP contribution is 2.21. The highest BCUT2D eigenvalue weighted by Gasteiger charge is 2.38. The number of carboxylic acids is 3. The van der Waals surface area contributed by atoms with E-state index in [4.69, 9.17) is 10.8 Å². The number of Topliss-reactive ketones (excluding diaryl/α,β-unsaturated/α-hetero) is 1. The van der Waals surface area contributed by atoms with Gasteiger partial charge in [-0.25, -0.2) is 0 Å². The Labute approximate surface area is 357 Å².